The molecule has 1 atom stereocenters. The zero-order valence-electron chi connectivity index (χ0n) is 20.3. The maximum atomic E-state index is 13.2. The molecule has 2 aromatic carbocycles. The van der Waals surface area contributed by atoms with Gasteiger partial charge in [0.1, 0.15) is 0 Å². The molecule has 0 spiro atoms. The lowest BCUT2D eigenvalue weighted by Gasteiger charge is -2.33. The molecule has 1 unspecified atom stereocenters. The van der Waals surface area contributed by atoms with Crippen LogP contribution in [0.1, 0.15) is 35.6 Å². The van der Waals surface area contributed by atoms with Gasteiger partial charge in [-0.25, -0.2) is 8.42 Å². The van der Waals surface area contributed by atoms with Gasteiger partial charge in [0, 0.05) is 44.0 Å². The van der Waals surface area contributed by atoms with Crippen molar-refractivity contribution in [3.63, 3.8) is 0 Å². The van der Waals surface area contributed by atoms with Crippen molar-refractivity contribution in [2.45, 2.75) is 25.8 Å². The Bertz CT molecular complexity index is 1090. The second-order valence-corrected chi connectivity index (χ2v) is 11.1. The summed E-state index contributed by atoms with van der Waals surface area (Å²) in [6.45, 7) is 6.60. The van der Waals surface area contributed by atoms with Crippen LogP contribution in [0.25, 0.3) is 6.08 Å². The highest BCUT2D eigenvalue weighted by Crippen LogP contribution is 2.23. The van der Waals surface area contributed by atoms with E-state index in [4.69, 9.17) is 4.74 Å². The quantitative estimate of drug-likeness (QED) is 0.606. The van der Waals surface area contributed by atoms with E-state index in [9.17, 15) is 13.2 Å². The van der Waals surface area contributed by atoms with Crippen LogP contribution in [0.4, 0.5) is 0 Å². The molecule has 8 heteroatoms. The van der Waals surface area contributed by atoms with Crippen molar-refractivity contribution in [1.29, 1.82) is 0 Å². The minimum Gasteiger partial charge on any atom is -0.379 e. The summed E-state index contributed by atoms with van der Waals surface area (Å²) in [5.74, 6) is -0.196. The van der Waals surface area contributed by atoms with Gasteiger partial charge >= 0.3 is 0 Å². The summed E-state index contributed by atoms with van der Waals surface area (Å²) >= 11 is 0. The van der Waals surface area contributed by atoms with Crippen molar-refractivity contribution in [2.75, 3.05) is 45.9 Å². The Hall–Kier alpha value is -2.52. The predicted molar refractivity (Wildman–Crippen MR) is 138 cm³/mol. The summed E-state index contributed by atoms with van der Waals surface area (Å²) < 4.78 is 32.5. The third-order valence-corrected chi connectivity index (χ3v) is 8.32. The summed E-state index contributed by atoms with van der Waals surface area (Å²) in [5, 5.41) is 4.53. The molecule has 35 heavy (non-hydrogen) atoms. The molecule has 7 nitrogen and oxygen atoms in total. The number of carbonyl (C=O) groups excluding carboxylic acids is 1. The van der Waals surface area contributed by atoms with E-state index in [2.05, 4.69) is 41.4 Å². The largest absolute Gasteiger partial charge is 0.379 e. The molecule has 0 aromatic heterocycles. The van der Waals surface area contributed by atoms with Crippen LogP contribution in [-0.2, 0) is 19.6 Å². The zero-order valence-corrected chi connectivity index (χ0v) is 21.1. The molecule has 0 radical (unpaired) electrons. The number of hydrogen-bond donors (Lipinski definition) is 1. The van der Waals surface area contributed by atoms with Gasteiger partial charge in [0.15, 0.2) is 0 Å². The Labute approximate surface area is 208 Å². The molecule has 188 valence electrons. The first-order valence-corrected chi connectivity index (χ1v) is 13.8. The molecule has 0 bridgehead atoms. The van der Waals surface area contributed by atoms with Crippen LogP contribution in [-0.4, -0.2) is 69.5 Å². The first-order valence-electron chi connectivity index (χ1n) is 12.3. The first-order chi connectivity index (χ1) is 16.9. The van der Waals surface area contributed by atoms with Gasteiger partial charge in [-0.15, -0.1) is 0 Å². The Morgan fingerprint density at radius 1 is 1.03 bits per heavy atom. The van der Waals surface area contributed by atoms with E-state index in [0.29, 0.717) is 39.1 Å². The SMILES string of the molecule is Cc1ccc(C(CN2CCOCC2)NC(=O)C2CCN(S(=O)(=O)C=Cc3ccccc3)CC2)cc1. The molecule has 1 amide bonds. The highest BCUT2D eigenvalue weighted by molar-refractivity contribution is 7.92. The average molecular weight is 498 g/mol. The highest BCUT2D eigenvalue weighted by atomic mass is 32.2. The van der Waals surface area contributed by atoms with Crippen LogP contribution >= 0.6 is 0 Å². The lowest BCUT2D eigenvalue weighted by molar-refractivity contribution is -0.127. The number of amides is 1. The Morgan fingerprint density at radius 3 is 2.34 bits per heavy atom. The number of sulfonamides is 1. The van der Waals surface area contributed by atoms with E-state index in [1.54, 1.807) is 6.08 Å². The van der Waals surface area contributed by atoms with Crippen LogP contribution < -0.4 is 5.32 Å². The van der Waals surface area contributed by atoms with Gasteiger partial charge in [-0.1, -0.05) is 60.2 Å². The lowest BCUT2D eigenvalue weighted by Crippen LogP contribution is -2.46. The topological polar surface area (TPSA) is 79.0 Å². The number of benzene rings is 2. The van der Waals surface area contributed by atoms with Gasteiger partial charge in [0.05, 0.1) is 19.3 Å². The average Bonchev–Trinajstić information content (AvgIpc) is 2.89. The highest BCUT2D eigenvalue weighted by Gasteiger charge is 2.31. The van der Waals surface area contributed by atoms with Crippen LogP contribution in [0.5, 0.6) is 0 Å². The predicted octanol–water partition coefficient (Wildman–Crippen LogP) is 3.20. The molecule has 4 rings (SSSR count). The molecule has 2 heterocycles. The fourth-order valence-corrected chi connectivity index (χ4v) is 5.77. The number of carbonyl (C=O) groups is 1. The number of morpholine rings is 1. The maximum Gasteiger partial charge on any atom is 0.236 e. The van der Waals surface area contributed by atoms with Crippen LogP contribution in [0.2, 0.25) is 0 Å². The Kier molecular flexibility index (Phi) is 8.73. The minimum absolute atomic E-state index is 0.000657. The van der Waals surface area contributed by atoms with E-state index in [1.807, 2.05) is 30.3 Å². The van der Waals surface area contributed by atoms with Gasteiger partial charge in [-0.3, -0.25) is 9.69 Å². The fourth-order valence-electron chi connectivity index (χ4n) is 4.55. The van der Waals surface area contributed by atoms with Gasteiger partial charge in [0.2, 0.25) is 15.9 Å². The number of piperidine rings is 1. The Morgan fingerprint density at radius 2 is 1.69 bits per heavy atom. The Balaban J connectivity index is 1.36. The van der Waals surface area contributed by atoms with E-state index in [0.717, 1.165) is 30.8 Å². The second kappa shape index (κ2) is 11.9. The maximum absolute atomic E-state index is 13.2. The van der Waals surface area contributed by atoms with Gasteiger partial charge in [-0.05, 0) is 37.0 Å². The van der Waals surface area contributed by atoms with E-state index in [1.165, 1.54) is 15.3 Å². The van der Waals surface area contributed by atoms with Crippen molar-refractivity contribution in [3.8, 4) is 0 Å². The van der Waals surface area contributed by atoms with Crippen LogP contribution in [0.3, 0.4) is 0 Å². The van der Waals surface area contributed by atoms with Crippen molar-refractivity contribution in [2.24, 2.45) is 5.92 Å². The molecular formula is C27H35N3O4S. The smallest absolute Gasteiger partial charge is 0.236 e. The summed E-state index contributed by atoms with van der Waals surface area (Å²) in [6, 6.07) is 17.6. The number of rotatable bonds is 8. The van der Waals surface area contributed by atoms with Crippen LogP contribution in [0.15, 0.2) is 60.0 Å². The summed E-state index contributed by atoms with van der Waals surface area (Å²) in [6.07, 6.45) is 2.65. The minimum atomic E-state index is -3.52. The molecular weight excluding hydrogens is 462 g/mol. The monoisotopic (exact) mass is 497 g/mol. The van der Waals surface area contributed by atoms with E-state index in [-0.39, 0.29) is 17.9 Å². The summed E-state index contributed by atoms with van der Waals surface area (Å²) in [4.78, 5) is 15.5. The molecule has 2 aromatic rings. The number of hydrogen-bond acceptors (Lipinski definition) is 5. The lowest BCUT2D eigenvalue weighted by atomic mass is 9.96. The second-order valence-electron chi connectivity index (χ2n) is 9.32. The zero-order chi connectivity index (χ0) is 24.7. The number of aryl methyl sites for hydroxylation is 1. The van der Waals surface area contributed by atoms with E-state index < -0.39 is 10.0 Å². The molecule has 2 fully saturated rings. The van der Waals surface area contributed by atoms with Crippen molar-refractivity contribution in [1.82, 2.24) is 14.5 Å². The molecule has 2 aliphatic heterocycles. The standard InChI is InChI=1S/C27H35N3O4S/c1-22-7-9-24(10-8-22)26(21-29-16-18-34-19-17-29)28-27(31)25-11-14-30(15-12-25)35(32,33)20-13-23-5-3-2-4-6-23/h2-10,13,20,25-26H,11-12,14-19,21H2,1H3,(H,28,31). The van der Waals surface area contributed by atoms with Gasteiger partial charge in [0.25, 0.3) is 0 Å². The van der Waals surface area contributed by atoms with Crippen molar-refractivity contribution < 1.29 is 17.9 Å². The fraction of sp³-hybridized carbons (Fsp3) is 0.444. The van der Waals surface area contributed by atoms with Gasteiger partial charge < -0.3 is 10.1 Å². The van der Waals surface area contributed by atoms with E-state index >= 15 is 0 Å². The third-order valence-electron chi connectivity index (χ3n) is 6.76. The molecule has 1 N–H and O–H groups in total. The number of ether oxygens (including phenoxy) is 1. The molecule has 0 aliphatic carbocycles. The molecule has 0 saturated carbocycles. The number of nitrogens with zero attached hydrogens (tertiary/aromatic N) is 2. The first kappa shape index (κ1) is 25.6. The molecule has 2 saturated heterocycles. The van der Waals surface area contributed by atoms with Gasteiger partial charge in [-0.2, -0.15) is 4.31 Å². The van der Waals surface area contributed by atoms with Crippen LogP contribution in [0, 0.1) is 12.8 Å². The summed E-state index contributed by atoms with van der Waals surface area (Å²) in [7, 11) is -3.52. The number of nitrogens with one attached hydrogen (secondary N) is 1. The molecule has 2 aliphatic rings. The van der Waals surface area contributed by atoms with Crippen molar-refractivity contribution in [3.05, 3.63) is 76.7 Å². The third kappa shape index (κ3) is 7.24. The van der Waals surface area contributed by atoms with Crippen molar-refractivity contribution >= 4 is 22.0 Å². The normalized spacial score (nSPS) is 19.6. The summed E-state index contributed by atoms with van der Waals surface area (Å²) in [5.41, 5.74) is 3.11.